The van der Waals surface area contributed by atoms with E-state index in [2.05, 4.69) is 10.3 Å². The molecule has 0 aromatic heterocycles. The molecule has 1 aromatic rings. The Balaban J connectivity index is 2.39. The van der Waals surface area contributed by atoms with Crippen molar-refractivity contribution in [3.05, 3.63) is 35.4 Å². The van der Waals surface area contributed by atoms with E-state index in [1.165, 1.54) is 12.1 Å². The summed E-state index contributed by atoms with van der Waals surface area (Å²) in [5.74, 6) is 0.678. The van der Waals surface area contributed by atoms with E-state index in [1.807, 2.05) is 11.9 Å². The summed E-state index contributed by atoms with van der Waals surface area (Å²) in [7, 11) is 5.13. The molecule has 0 unspecified atom stereocenters. The summed E-state index contributed by atoms with van der Waals surface area (Å²) in [5, 5.41) is 3.20. The molecule has 0 aliphatic rings. The molecule has 0 bridgehead atoms. The van der Waals surface area contributed by atoms with E-state index >= 15 is 0 Å². The van der Waals surface area contributed by atoms with Crippen LogP contribution in [0, 0.1) is 0 Å². The molecule has 0 atom stereocenters. The van der Waals surface area contributed by atoms with Crippen molar-refractivity contribution in [3.63, 3.8) is 0 Å². The van der Waals surface area contributed by atoms with Crippen LogP contribution in [-0.4, -0.2) is 58.4 Å². The minimum atomic E-state index is -4.31. The van der Waals surface area contributed by atoms with Crippen LogP contribution in [0.15, 0.2) is 29.3 Å². The van der Waals surface area contributed by atoms with Crippen molar-refractivity contribution in [2.24, 2.45) is 4.99 Å². The Morgan fingerprint density at radius 2 is 1.84 bits per heavy atom. The molecule has 5 nitrogen and oxygen atoms in total. The van der Waals surface area contributed by atoms with Crippen molar-refractivity contribution < 1.29 is 22.6 Å². The van der Waals surface area contributed by atoms with Crippen molar-refractivity contribution in [1.82, 2.24) is 10.2 Å². The Hall–Kier alpha value is -1.80. The number of halogens is 3. The third kappa shape index (κ3) is 8.22. The summed E-state index contributed by atoms with van der Waals surface area (Å²) in [4.78, 5) is 6.03. The van der Waals surface area contributed by atoms with Crippen LogP contribution in [0.3, 0.4) is 0 Å². The molecule has 8 heteroatoms. The number of methoxy groups -OCH3 is 1. The fraction of sp³-hybridized carbons (Fsp3) is 0.588. The zero-order valence-corrected chi connectivity index (χ0v) is 14.9. The lowest BCUT2D eigenvalue weighted by Crippen LogP contribution is -2.39. The van der Waals surface area contributed by atoms with Crippen LogP contribution in [0.25, 0.3) is 0 Å². The van der Waals surface area contributed by atoms with Crippen LogP contribution < -0.4 is 5.32 Å². The van der Waals surface area contributed by atoms with Gasteiger partial charge in [-0.15, -0.1) is 0 Å². The Kier molecular flexibility index (Phi) is 9.30. The van der Waals surface area contributed by atoms with E-state index in [1.54, 1.807) is 14.2 Å². The largest absolute Gasteiger partial charge is 0.416 e. The molecule has 0 aliphatic heterocycles. The van der Waals surface area contributed by atoms with Crippen molar-refractivity contribution in [2.45, 2.75) is 19.1 Å². The zero-order chi connectivity index (χ0) is 18.7. The molecule has 0 heterocycles. The Bertz CT molecular complexity index is 519. The third-order valence-corrected chi connectivity index (χ3v) is 3.45. The monoisotopic (exact) mass is 361 g/mol. The van der Waals surface area contributed by atoms with E-state index in [-0.39, 0.29) is 0 Å². The number of benzene rings is 1. The van der Waals surface area contributed by atoms with E-state index in [4.69, 9.17) is 9.47 Å². The summed E-state index contributed by atoms with van der Waals surface area (Å²) in [6, 6.07) is 5.15. The number of alkyl halides is 3. The van der Waals surface area contributed by atoms with Gasteiger partial charge in [0, 0.05) is 40.9 Å². The molecule has 0 saturated carbocycles. The zero-order valence-electron chi connectivity index (χ0n) is 14.9. The first kappa shape index (κ1) is 21.2. The highest BCUT2D eigenvalue weighted by atomic mass is 19.4. The molecule has 1 rings (SSSR count). The van der Waals surface area contributed by atoms with Crippen molar-refractivity contribution in [3.8, 4) is 0 Å². The number of aliphatic imine (C=N–C) groups is 1. The van der Waals surface area contributed by atoms with Crippen LogP contribution in [0.4, 0.5) is 13.2 Å². The van der Waals surface area contributed by atoms with E-state index in [0.29, 0.717) is 38.9 Å². The lowest BCUT2D eigenvalue weighted by Gasteiger charge is -2.22. The molecule has 0 fully saturated rings. The highest BCUT2D eigenvalue weighted by molar-refractivity contribution is 5.79. The maximum absolute atomic E-state index is 12.6. The molecule has 0 amide bonds. The molecular weight excluding hydrogens is 335 g/mol. The lowest BCUT2D eigenvalue weighted by molar-refractivity contribution is -0.137. The van der Waals surface area contributed by atoms with Crippen LogP contribution in [0.5, 0.6) is 0 Å². The normalized spacial score (nSPS) is 12.3. The standard InChI is InChI=1S/C17H26F3N3O2/c1-21-16(22-9-4-10-25-12-11-24-3)23(2)13-14-5-7-15(8-6-14)17(18,19)20/h5-8H,4,9-13H2,1-3H3,(H,21,22). The molecule has 0 spiro atoms. The summed E-state index contributed by atoms with van der Waals surface area (Å²) in [5.41, 5.74) is 0.135. The number of nitrogens with one attached hydrogen (secondary N) is 1. The second-order valence-corrected chi connectivity index (χ2v) is 5.48. The predicted molar refractivity (Wildman–Crippen MR) is 91.6 cm³/mol. The Morgan fingerprint density at radius 3 is 2.40 bits per heavy atom. The first-order valence-electron chi connectivity index (χ1n) is 8.03. The average molecular weight is 361 g/mol. The quantitative estimate of drug-likeness (QED) is 0.417. The minimum absolute atomic E-state index is 0.460. The first-order chi connectivity index (χ1) is 11.9. The second-order valence-electron chi connectivity index (χ2n) is 5.48. The smallest absolute Gasteiger partial charge is 0.382 e. The lowest BCUT2D eigenvalue weighted by atomic mass is 10.1. The number of nitrogens with zero attached hydrogens (tertiary/aromatic N) is 2. The predicted octanol–water partition coefficient (Wildman–Crippen LogP) is 2.77. The topological polar surface area (TPSA) is 46.1 Å². The maximum atomic E-state index is 12.6. The first-order valence-corrected chi connectivity index (χ1v) is 8.03. The molecule has 0 aliphatic carbocycles. The second kappa shape index (κ2) is 10.9. The highest BCUT2D eigenvalue weighted by Gasteiger charge is 2.29. The van der Waals surface area contributed by atoms with Gasteiger partial charge in [-0.1, -0.05) is 12.1 Å². The van der Waals surface area contributed by atoms with E-state index in [9.17, 15) is 13.2 Å². The van der Waals surface area contributed by atoms with Crippen LogP contribution in [0.1, 0.15) is 17.5 Å². The Labute approximate surface area is 146 Å². The minimum Gasteiger partial charge on any atom is -0.382 e. The number of guanidine groups is 1. The summed E-state index contributed by atoms with van der Waals surface area (Å²) < 4.78 is 48.0. The SMILES string of the molecule is CN=C(NCCCOCCOC)N(C)Cc1ccc(C(F)(F)F)cc1. The number of rotatable bonds is 9. The average Bonchev–Trinajstić information content (AvgIpc) is 2.57. The van der Waals surface area contributed by atoms with Gasteiger partial charge in [-0.2, -0.15) is 13.2 Å². The maximum Gasteiger partial charge on any atom is 0.416 e. The Morgan fingerprint density at radius 1 is 1.16 bits per heavy atom. The van der Waals surface area contributed by atoms with Gasteiger partial charge in [0.05, 0.1) is 18.8 Å². The van der Waals surface area contributed by atoms with Gasteiger partial charge in [0.2, 0.25) is 0 Å². The number of hydrogen-bond acceptors (Lipinski definition) is 3. The fourth-order valence-corrected chi connectivity index (χ4v) is 2.15. The highest BCUT2D eigenvalue weighted by Crippen LogP contribution is 2.29. The van der Waals surface area contributed by atoms with Gasteiger partial charge in [0.1, 0.15) is 0 Å². The summed E-state index contributed by atoms with van der Waals surface area (Å²) >= 11 is 0. The summed E-state index contributed by atoms with van der Waals surface area (Å²) in [6.07, 6.45) is -3.50. The van der Waals surface area contributed by atoms with Crippen molar-refractivity contribution in [2.75, 3.05) is 47.6 Å². The molecule has 1 aromatic carbocycles. The molecule has 142 valence electrons. The molecule has 0 saturated heterocycles. The van der Waals surface area contributed by atoms with E-state index < -0.39 is 11.7 Å². The molecule has 1 N–H and O–H groups in total. The van der Waals surface area contributed by atoms with Gasteiger partial charge in [-0.3, -0.25) is 4.99 Å². The molecular formula is C17H26F3N3O2. The molecule has 0 radical (unpaired) electrons. The summed E-state index contributed by atoms with van der Waals surface area (Å²) in [6.45, 7) is 2.92. The van der Waals surface area contributed by atoms with Gasteiger partial charge in [0.25, 0.3) is 0 Å². The van der Waals surface area contributed by atoms with Gasteiger partial charge < -0.3 is 19.7 Å². The van der Waals surface area contributed by atoms with Gasteiger partial charge in [-0.05, 0) is 24.1 Å². The van der Waals surface area contributed by atoms with Gasteiger partial charge >= 0.3 is 6.18 Å². The van der Waals surface area contributed by atoms with Gasteiger partial charge in [0.15, 0.2) is 5.96 Å². The van der Waals surface area contributed by atoms with E-state index in [0.717, 1.165) is 24.1 Å². The fourth-order valence-electron chi connectivity index (χ4n) is 2.15. The number of ether oxygens (including phenoxy) is 2. The van der Waals surface area contributed by atoms with Gasteiger partial charge in [-0.25, -0.2) is 0 Å². The number of hydrogen-bond donors (Lipinski definition) is 1. The van der Waals surface area contributed by atoms with Crippen LogP contribution in [0.2, 0.25) is 0 Å². The van der Waals surface area contributed by atoms with Crippen LogP contribution in [-0.2, 0) is 22.2 Å². The van der Waals surface area contributed by atoms with Crippen LogP contribution >= 0.6 is 0 Å². The van der Waals surface area contributed by atoms with Crippen molar-refractivity contribution in [1.29, 1.82) is 0 Å². The third-order valence-electron chi connectivity index (χ3n) is 3.45. The van der Waals surface area contributed by atoms with Crippen molar-refractivity contribution >= 4 is 5.96 Å². The molecule has 25 heavy (non-hydrogen) atoms.